The van der Waals surface area contributed by atoms with E-state index in [1.54, 1.807) is 23.7 Å². The Hall–Kier alpha value is -3.32. The van der Waals surface area contributed by atoms with Crippen LogP contribution in [0.1, 0.15) is 29.2 Å². The first-order valence-corrected chi connectivity index (χ1v) is 9.88. The maximum absolute atomic E-state index is 11.8. The van der Waals surface area contributed by atoms with Gasteiger partial charge in [-0.25, -0.2) is 15.0 Å². The number of nitrogens with one attached hydrogen (secondary N) is 2. The highest BCUT2D eigenvalue weighted by atomic mass is 32.1. The van der Waals surface area contributed by atoms with Gasteiger partial charge < -0.3 is 10.3 Å². The van der Waals surface area contributed by atoms with Gasteiger partial charge in [-0.05, 0) is 24.1 Å². The molecule has 0 saturated heterocycles. The van der Waals surface area contributed by atoms with Crippen LogP contribution in [-0.2, 0) is 6.42 Å². The molecule has 4 rings (SSSR count). The average Bonchev–Trinajstić information content (AvgIpc) is 3.27. The fraction of sp³-hybridized carbons (Fsp3) is 0.143. The van der Waals surface area contributed by atoms with E-state index in [4.69, 9.17) is 0 Å². The Kier molecular flexibility index (Phi) is 5.25. The molecule has 3 heterocycles. The second-order valence-electron chi connectivity index (χ2n) is 6.23. The zero-order valence-corrected chi connectivity index (χ0v) is 16.1. The number of hydrogen-bond donors (Lipinski definition) is 2. The molecular weight excluding hydrogens is 370 g/mol. The fourth-order valence-electron chi connectivity index (χ4n) is 2.90. The van der Waals surface area contributed by atoms with Crippen molar-refractivity contribution in [2.45, 2.75) is 19.4 Å². The van der Waals surface area contributed by atoms with Crippen molar-refractivity contribution < 1.29 is 0 Å². The first-order chi connectivity index (χ1) is 13.7. The van der Waals surface area contributed by atoms with Gasteiger partial charge in [-0.15, -0.1) is 11.3 Å². The molecule has 140 valence electrons. The highest BCUT2D eigenvalue weighted by molar-refractivity contribution is 7.09. The molecule has 0 saturated carbocycles. The minimum atomic E-state index is -0.156. The highest BCUT2D eigenvalue weighted by Gasteiger charge is 2.17. The van der Waals surface area contributed by atoms with Gasteiger partial charge in [0.1, 0.15) is 22.7 Å². The maximum Gasteiger partial charge on any atom is 0.251 e. The third-order valence-corrected chi connectivity index (χ3v) is 5.16. The maximum atomic E-state index is 11.8. The number of anilines is 1. The van der Waals surface area contributed by atoms with Crippen molar-refractivity contribution in [3.8, 4) is 11.4 Å². The molecule has 0 spiro atoms. The van der Waals surface area contributed by atoms with Crippen LogP contribution in [0.3, 0.4) is 0 Å². The number of aryl methyl sites for hydroxylation is 1. The van der Waals surface area contributed by atoms with Crippen LogP contribution >= 0.6 is 11.3 Å². The number of rotatable bonds is 6. The van der Waals surface area contributed by atoms with E-state index >= 15 is 0 Å². The lowest BCUT2D eigenvalue weighted by atomic mass is 10.1. The van der Waals surface area contributed by atoms with Gasteiger partial charge in [-0.3, -0.25) is 4.79 Å². The van der Waals surface area contributed by atoms with Crippen molar-refractivity contribution in [3.05, 3.63) is 92.9 Å². The summed E-state index contributed by atoms with van der Waals surface area (Å²) in [5, 5.41) is 6.39. The molecule has 0 amide bonds. The quantitative estimate of drug-likeness (QED) is 0.520. The molecule has 0 aliphatic carbocycles. The Balaban J connectivity index is 1.61. The molecule has 2 N–H and O–H groups in total. The van der Waals surface area contributed by atoms with Crippen LogP contribution in [0, 0.1) is 0 Å². The van der Waals surface area contributed by atoms with Crippen molar-refractivity contribution in [2.24, 2.45) is 0 Å². The first-order valence-electron chi connectivity index (χ1n) is 9.00. The monoisotopic (exact) mass is 389 g/mol. The number of aromatic amines is 1. The number of benzene rings is 1. The molecule has 0 fully saturated rings. The van der Waals surface area contributed by atoms with Crippen LogP contribution in [0.15, 0.2) is 71.1 Å². The van der Waals surface area contributed by atoms with Crippen molar-refractivity contribution in [2.75, 3.05) is 5.32 Å². The minimum Gasteiger partial charge on any atom is -0.357 e. The van der Waals surface area contributed by atoms with E-state index < -0.39 is 0 Å². The van der Waals surface area contributed by atoms with Crippen LogP contribution in [-0.4, -0.2) is 19.9 Å². The van der Waals surface area contributed by atoms with Crippen LogP contribution < -0.4 is 10.9 Å². The Bertz CT molecular complexity index is 1090. The zero-order valence-electron chi connectivity index (χ0n) is 15.3. The number of aromatic nitrogens is 4. The van der Waals surface area contributed by atoms with Crippen molar-refractivity contribution >= 4 is 17.2 Å². The van der Waals surface area contributed by atoms with Gasteiger partial charge >= 0.3 is 0 Å². The SMILES string of the molecule is CCc1cc(=O)[nH]c(-c2ccc(NC(c3ccccc3)c3nccs3)nc2)n1. The number of pyridine rings is 1. The van der Waals surface area contributed by atoms with Crippen LogP contribution in [0.2, 0.25) is 0 Å². The summed E-state index contributed by atoms with van der Waals surface area (Å²) in [6.07, 6.45) is 4.22. The Morgan fingerprint density at radius 2 is 2.00 bits per heavy atom. The summed E-state index contributed by atoms with van der Waals surface area (Å²) in [4.78, 5) is 28.0. The van der Waals surface area contributed by atoms with Crippen molar-refractivity contribution in [1.82, 2.24) is 19.9 Å². The summed E-state index contributed by atoms with van der Waals surface area (Å²) in [6, 6.07) is 15.4. The van der Waals surface area contributed by atoms with Crippen LogP contribution in [0.5, 0.6) is 0 Å². The van der Waals surface area contributed by atoms with E-state index in [2.05, 4.69) is 37.4 Å². The van der Waals surface area contributed by atoms with Gasteiger partial charge in [0.15, 0.2) is 0 Å². The molecule has 1 atom stereocenters. The van der Waals surface area contributed by atoms with E-state index in [9.17, 15) is 4.79 Å². The topological polar surface area (TPSA) is 83.6 Å². The van der Waals surface area contributed by atoms with Gasteiger partial charge in [0, 0.05) is 35.1 Å². The molecule has 7 heteroatoms. The predicted octanol–water partition coefficient (Wildman–Crippen LogP) is 4.05. The van der Waals surface area contributed by atoms with Crippen LogP contribution in [0.4, 0.5) is 5.82 Å². The molecule has 1 unspecified atom stereocenters. The van der Waals surface area contributed by atoms with Gasteiger partial charge in [-0.2, -0.15) is 0 Å². The second-order valence-corrected chi connectivity index (χ2v) is 7.16. The predicted molar refractivity (Wildman–Crippen MR) is 111 cm³/mol. The number of nitrogens with zero attached hydrogens (tertiary/aromatic N) is 3. The smallest absolute Gasteiger partial charge is 0.251 e. The van der Waals surface area contributed by atoms with Gasteiger partial charge in [0.2, 0.25) is 0 Å². The number of hydrogen-bond acceptors (Lipinski definition) is 6. The van der Waals surface area contributed by atoms with E-state index in [0.717, 1.165) is 27.6 Å². The standard InChI is InChI=1S/C21H19N5OS/c1-2-16-12-18(27)26-20(24-16)15-8-9-17(23-13-15)25-19(21-22-10-11-28-21)14-6-4-3-5-7-14/h3-13,19H,2H2,1H3,(H,23,25)(H,24,26,27). The Morgan fingerprint density at radius 1 is 1.14 bits per heavy atom. The molecule has 3 aromatic heterocycles. The lowest BCUT2D eigenvalue weighted by molar-refractivity contribution is 0.910. The van der Waals surface area contributed by atoms with E-state index in [0.29, 0.717) is 12.2 Å². The third-order valence-electron chi connectivity index (χ3n) is 4.32. The molecule has 0 aliphatic rings. The van der Waals surface area contributed by atoms with Crippen molar-refractivity contribution in [1.29, 1.82) is 0 Å². The lowest BCUT2D eigenvalue weighted by Crippen LogP contribution is -2.13. The summed E-state index contributed by atoms with van der Waals surface area (Å²) >= 11 is 1.60. The summed E-state index contributed by atoms with van der Waals surface area (Å²) in [6.45, 7) is 1.97. The van der Waals surface area contributed by atoms with Crippen LogP contribution in [0.25, 0.3) is 11.4 Å². The first kappa shape index (κ1) is 18.1. The molecule has 6 nitrogen and oxygen atoms in total. The summed E-state index contributed by atoms with van der Waals surface area (Å²) in [5.41, 5.74) is 2.49. The molecule has 0 radical (unpaired) electrons. The van der Waals surface area contributed by atoms with Gasteiger partial charge in [0.25, 0.3) is 5.56 Å². The van der Waals surface area contributed by atoms with Gasteiger partial charge in [-0.1, -0.05) is 37.3 Å². The van der Waals surface area contributed by atoms with Gasteiger partial charge in [0.05, 0.1) is 0 Å². The third kappa shape index (κ3) is 3.99. The summed E-state index contributed by atoms with van der Waals surface area (Å²) in [7, 11) is 0. The minimum absolute atomic E-state index is 0.0825. The largest absolute Gasteiger partial charge is 0.357 e. The zero-order chi connectivity index (χ0) is 19.3. The summed E-state index contributed by atoms with van der Waals surface area (Å²) < 4.78 is 0. The van der Waals surface area contributed by atoms with Crippen molar-refractivity contribution in [3.63, 3.8) is 0 Å². The highest BCUT2D eigenvalue weighted by Crippen LogP contribution is 2.27. The normalized spacial score (nSPS) is 11.9. The molecule has 4 aromatic rings. The molecule has 1 aromatic carbocycles. The van der Waals surface area contributed by atoms with E-state index in [-0.39, 0.29) is 11.6 Å². The number of H-pyrrole nitrogens is 1. The van der Waals surface area contributed by atoms with E-state index in [1.165, 1.54) is 6.07 Å². The molecule has 0 bridgehead atoms. The Labute approximate surface area is 166 Å². The number of thiazole rings is 1. The second kappa shape index (κ2) is 8.14. The molecule has 0 aliphatic heterocycles. The van der Waals surface area contributed by atoms with E-state index in [1.807, 2.05) is 42.6 Å². The molecule has 28 heavy (non-hydrogen) atoms. The Morgan fingerprint density at radius 3 is 2.68 bits per heavy atom. The molecular formula is C21H19N5OS. The lowest BCUT2D eigenvalue weighted by Gasteiger charge is -2.17. The summed E-state index contributed by atoms with van der Waals surface area (Å²) in [5.74, 6) is 1.25. The average molecular weight is 389 g/mol. The fourth-order valence-corrected chi connectivity index (χ4v) is 3.62.